The van der Waals surface area contributed by atoms with E-state index in [0.717, 1.165) is 5.56 Å². The molecular formula is C18H20N2O5S. The van der Waals surface area contributed by atoms with Crippen molar-refractivity contribution in [3.8, 4) is 22.1 Å². The molecule has 7 nitrogen and oxygen atoms in total. The highest BCUT2D eigenvalue weighted by molar-refractivity contribution is 7.17. The van der Waals surface area contributed by atoms with Crippen LogP contribution < -0.4 is 14.8 Å². The number of benzene rings is 1. The lowest BCUT2D eigenvalue weighted by molar-refractivity contribution is -0.124. The second-order valence-corrected chi connectivity index (χ2v) is 6.17. The fourth-order valence-electron chi connectivity index (χ4n) is 2.11. The van der Waals surface area contributed by atoms with Crippen molar-refractivity contribution in [2.45, 2.75) is 6.92 Å². The van der Waals surface area contributed by atoms with Gasteiger partial charge in [-0.15, -0.1) is 17.9 Å². The molecule has 8 heteroatoms. The van der Waals surface area contributed by atoms with E-state index >= 15 is 0 Å². The van der Waals surface area contributed by atoms with E-state index in [0.29, 0.717) is 33.6 Å². The highest BCUT2D eigenvalue weighted by Gasteiger charge is 2.19. The van der Waals surface area contributed by atoms with Gasteiger partial charge in [0.25, 0.3) is 5.91 Å². The van der Waals surface area contributed by atoms with Crippen molar-refractivity contribution in [3.63, 3.8) is 0 Å². The summed E-state index contributed by atoms with van der Waals surface area (Å²) in [6.45, 7) is 5.18. The zero-order chi connectivity index (χ0) is 19.1. The van der Waals surface area contributed by atoms with Gasteiger partial charge in [0.2, 0.25) is 0 Å². The molecule has 0 saturated carbocycles. The molecule has 1 heterocycles. The number of carbonyl (C=O) groups excluding carboxylic acids is 2. The molecule has 0 aliphatic carbocycles. The molecule has 138 valence electrons. The predicted molar refractivity (Wildman–Crippen MR) is 98.9 cm³/mol. The highest BCUT2D eigenvalue weighted by atomic mass is 32.1. The largest absolute Gasteiger partial charge is 0.493 e. The van der Waals surface area contributed by atoms with Crippen molar-refractivity contribution in [2.24, 2.45) is 0 Å². The molecule has 0 unspecified atom stereocenters. The summed E-state index contributed by atoms with van der Waals surface area (Å²) in [6, 6.07) is 5.39. The monoisotopic (exact) mass is 376 g/mol. The normalized spacial score (nSPS) is 10.1. The minimum absolute atomic E-state index is 0.319. The van der Waals surface area contributed by atoms with Gasteiger partial charge < -0.3 is 19.5 Å². The van der Waals surface area contributed by atoms with Crippen molar-refractivity contribution in [1.29, 1.82) is 0 Å². The van der Waals surface area contributed by atoms with Crippen LogP contribution in [0.1, 0.15) is 15.4 Å². The Bertz CT molecular complexity index is 816. The molecule has 2 aromatic rings. The summed E-state index contributed by atoms with van der Waals surface area (Å²) in [5.41, 5.74) is 1.33. The third-order valence-corrected chi connectivity index (χ3v) is 4.58. The first kappa shape index (κ1) is 19.5. The van der Waals surface area contributed by atoms with Crippen molar-refractivity contribution < 1.29 is 23.8 Å². The zero-order valence-electron chi connectivity index (χ0n) is 14.8. The van der Waals surface area contributed by atoms with Crippen LogP contribution in [0.4, 0.5) is 0 Å². The first-order valence-corrected chi connectivity index (χ1v) is 8.56. The lowest BCUT2D eigenvalue weighted by Crippen LogP contribution is -2.28. The average Bonchev–Trinajstić information content (AvgIpc) is 3.05. The van der Waals surface area contributed by atoms with Crippen LogP contribution in [-0.2, 0) is 9.53 Å². The van der Waals surface area contributed by atoms with Crippen LogP contribution in [0.2, 0.25) is 0 Å². The number of carbonyl (C=O) groups is 2. The Balaban J connectivity index is 2.14. The number of ether oxygens (including phenoxy) is 3. The van der Waals surface area contributed by atoms with Crippen molar-refractivity contribution in [1.82, 2.24) is 10.3 Å². The molecule has 0 spiro atoms. The second-order valence-electron chi connectivity index (χ2n) is 5.17. The number of nitrogens with zero attached hydrogens (tertiary/aromatic N) is 1. The van der Waals surface area contributed by atoms with Crippen LogP contribution in [-0.4, -0.2) is 44.2 Å². The van der Waals surface area contributed by atoms with Gasteiger partial charge in [-0.05, 0) is 25.1 Å². The molecule has 1 aromatic heterocycles. The highest BCUT2D eigenvalue weighted by Crippen LogP contribution is 2.35. The van der Waals surface area contributed by atoms with Crippen LogP contribution in [0.15, 0.2) is 30.9 Å². The predicted octanol–water partition coefficient (Wildman–Crippen LogP) is 2.59. The zero-order valence-corrected chi connectivity index (χ0v) is 15.6. The van der Waals surface area contributed by atoms with E-state index in [9.17, 15) is 9.59 Å². The Morgan fingerprint density at radius 3 is 2.65 bits per heavy atom. The SMILES string of the molecule is C=CCNC(=O)COC(=O)c1sc(-c2ccc(OC)c(OC)c2)nc1C. The van der Waals surface area contributed by atoms with E-state index in [1.165, 1.54) is 11.3 Å². The van der Waals surface area contributed by atoms with Crippen molar-refractivity contribution >= 4 is 23.2 Å². The molecular weight excluding hydrogens is 356 g/mol. The topological polar surface area (TPSA) is 86.8 Å². The van der Waals surface area contributed by atoms with Crippen LogP contribution in [0, 0.1) is 6.92 Å². The Kier molecular flexibility index (Phi) is 6.74. The third kappa shape index (κ3) is 4.60. The van der Waals surface area contributed by atoms with Crippen molar-refractivity contribution in [2.75, 3.05) is 27.4 Å². The smallest absolute Gasteiger partial charge is 0.350 e. The van der Waals surface area contributed by atoms with Crippen LogP contribution >= 0.6 is 11.3 Å². The summed E-state index contributed by atoms with van der Waals surface area (Å²) in [7, 11) is 3.11. The van der Waals surface area contributed by atoms with E-state index in [2.05, 4.69) is 16.9 Å². The summed E-state index contributed by atoms with van der Waals surface area (Å²) in [6.07, 6.45) is 1.54. The van der Waals surface area contributed by atoms with E-state index in [4.69, 9.17) is 14.2 Å². The molecule has 0 bridgehead atoms. The van der Waals surface area contributed by atoms with E-state index in [1.807, 2.05) is 6.07 Å². The lowest BCUT2D eigenvalue weighted by atomic mass is 10.2. The molecule has 2 rings (SSSR count). The number of thiazole rings is 1. The first-order valence-electron chi connectivity index (χ1n) is 7.74. The van der Waals surface area contributed by atoms with E-state index in [1.54, 1.807) is 39.4 Å². The van der Waals surface area contributed by atoms with Crippen molar-refractivity contribution in [3.05, 3.63) is 41.4 Å². The summed E-state index contributed by atoms with van der Waals surface area (Å²) in [5.74, 6) is 0.205. The summed E-state index contributed by atoms with van der Waals surface area (Å²) in [4.78, 5) is 28.5. The Labute approximate surface area is 155 Å². The number of rotatable bonds is 8. The molecule has 1 amide bonds. The van der Waals surface area contributed by atoms with Gasteiger partial charge in [-0.2, -0.15) is 0 Å². The quantitative estimate of drug-likeness (QED) is 0.563. The van der Waals surface area contributed by atoms with E-state index in [-0.39, 0.29) is 12.5 Å². The van der Waals surface area contributed by atoms with Gasteiger partial charge in [0.1, 0.15) is 9.88 Å². The fourth-order valence-corrected chi connectivity index (χ4v) is 3.07. The molecule has 0 aliphatic heterocycles. The first-order chi connectivity index (χ1) is 12.5. The maximum atomic E-state index is 12.2. The molecule has 0 radical (unpaired) electrons. The number of amides is 1. The Morgan fingerprint density at radius 1 is 1.27 bits per heavy atom. The Morgan fingerprint density at radius 2 is 2.00 bits per heavy atom. The number of nitrogens with one attached hydrogen (secondary N) is 1. The number of hydrogen-bond acceptors (Lipinski definition) is 7. The molecule has 0 atom stereocenters. The molecule has 1 aromatic carbocycles. The third-order valence-electron chi connectivity index (χ3n) is 3.39. The number of aryl methyl sites for hydroxylation is 1. The number of esters is 1. The molecule has 0 saturated heterocycles. The van der Waals surface area contributed by atoms with Gasteiger partial charge in [-0.25, -0.2) is 9.78 Å². The molecule has 26 heavy (non-hydrogen) atoms. The van der Waals surface area contributed by atoms with Crippen LogP contribution in [0.3, 0.4) is 0 Å². The van der Waals surface area contributed by atoms with Gasteiger partial charge in [-0.1, -0.05) is 6.08 Å². The van der Waals surface area contributed by atoms with Gasteiger partial charge >= 0.3 is 5.97 Å². The molecule has 0 aliphatic rings. The minimum Gasteiger partial charge on any atom is -0.493 e. The van der Waals surface area contributed by atoms with Crippen LogP contribution in [0.5, 0.6) is 11.5 Å². The standard InChI is InChI=1S/C18H20N2O5S/c1-5-8-19-15(21)10-25-18(22)16-11(2)20-17(26-16)12-6-7-13(23-3)14(9-12)24-4/h5-7,9H,1,8,10H2,2-4H3,(H,19,21). The van der Waals surface area contributed by atoms with Gasteiger partial charge in [0.05, 0.1) is 19.9 Å². The van der Waals surface area contributed by atoms with Gasteiger partial charge in [0.15, 0.2) is 18.1 Å². The summed E-state index contributed by atoms with van der Waals surface area (Å²) in [5, 5.41) is 3.18. The Hall–Kier alpha value is -2.87. The number of aromatic nitrogens is 1. The van der Waals surface area contributed by atoms with E-state index < -0.39 is 5.97 Å². The fraction of sp³-hybridized carbons (Fsp3) is 0.278. The van der Waals surface area contributed by atoms with Gasteiger partial charge in [-0.3, -0.25) is 4.79 Å². The minimum atomic E-state index is -0.583. The molecule has 0 fully saturated rings. The lowest BCUT2D eigenvalue weighted by Gasteiger charge is -2.08. The maximum absolute atomic E-state index is 12.2. The number of hydrogen-bond donors (Lipinski definition) is 1. The maximum Gasteiger partial charge on any atom is 0.350 e. The summed E-state index contributed by atoms with van der Waals surface area (Å²) < 4.78 is 15.5. The summed E-state index contributed by atoms with van der Waals surface area (Å²) >= 11 is 1.19. The van der Waals surface area contributed by atoms with Gasteiger partial charge in [0, 0.05) is 12.1 Å². The average molecular weight is 376 g/mol. The number of methoxy groups -OCH3 is 2. The molecule has 1 N–H and O–H groups in total. The van der Waals surface area contributed by atoms with Crippen LogP contribution in [0.25, 0.3) is 10.6 Å². The second kappa shape index (κ2) is 9.00.